The molecule has 1 rings (SSSR count). The van der Waals surface area contributed by atoms with Crippen molar-refractivity contribution in [1.82, 2.24) is 0 Å². The van der Waals surface area contributed by atoms with Crippen LogP contribution in [-0.2, 0) is 11.2 Å². The molecule has 1 amide bonds. The minimum Gasteiger partial charge on any atom is -0.478 e. The Balaban J connectivity index is 2.64. The summed E-state index contributed by atoms with van der Waals surface area (Å²) in [6.07, 6.45) is 0.835. The molecule has 0 aromatic heterocycles. The van der Waals surface area contributed by atoms with Gasteiger partial charge in [0.05, 0.1) is 5.56 Å². The highest BCUT2D eigenvalue weighted by molar-refractivity contribution is 5.87. The molecule has 0 saturated heterocycles. The van der Waals surface area contributed by atoms with Gasteiger partial charge < -0.3 is 10.8 Å². The normalized spacial score (nSPS) is 9.71. The van der Waals surface area contributed by atoms with Gasteiger partial charge in [0, 0.05) is 6.42 Å². The van der Waals surface area contributed by atoms with Gasteiger partial charge in [-0.2, -0.15) is 0 Å². The number of carboxylic acid groups (broad SMARTS) is 1. The molecule has 0 bridgehead atoms. The van der Waals surface area contributed by atoms with Crippen LogP contribution >= 0.6 is 0 Å². The maximum Gasteiger partial charge on any atom is 0.335 e. The molecule has 0 aliphatic heterocycles. The molecule has 0 heterocycles. The summed E-state index contributed by atoms with van der Waals surface area (Å²) in [6, 6.07) is 6.40. The number of benzene rings is 1. The predicted molar refractivity (Wildman–Crippen MR) is 50.9 cm³/mol. The molecule has 0 aliphatic rings. The molecule has 0 spiro atoms. The maximum atomic E-state index is 10.5. The minimum atomic E-state index is -0.952. The third-order valence-electron chi connectivity index (χ3n) is 1.86. The van der Waals surface area contributed by atoms with Crippen LogP contribution < -0.4 is 5.73 Å². The zero-order chi connectivity index (χ0) is 10.6. The molecule has 14 heavy (non-hydrogen) atoms. The van der Waals surface area contributed by atoms with E-state index in [1.54, 1.807) is 12.1 Å². The van der Waals surface area contributed by atoms with Crippen molar-refractivity contribution in [2.45, 2.75) is 12.8 Å². The Bertz CT molecular complexity index is 343. The summed E-state index contributed by atoms with van der Waals surface area (Å²) in [6.45, 7) is 0. The van der Waals surface area contributed by atoms with Crippen LogP contribution in [0.25, 0.3) is 0 Å². The van der Waals surface area contributed by atoms with E-state index in [1.165, 1.54) is 12.1 Å². The van der Waals surface area contributed by atoms with Crippen LogP contribution in [0.2, 0.25) is 0 Å². The Morgan fingerprint density at radius 1 is 1.21 bits per heavy atom. The van der Waals surface area contributed by atoms with Crippen LogP contribution in [0, 0.1) is 0 Å². The van der Waals surface area contributed by atoms with Gasteiger partial charge in [0.25, 0.3) is 0 Å². The van der Waals surface area contributed by atoms with E-state index in [0.717, 1.165) is 5.56 Å². The molecule has 4 heteroatoms. The number of hydrogen-bond donors (Lipinski definition) is 2. The van der Waals surface area contributed by atoms with Crippen LogP contribution in [0.3, 0.4) is 0 Å². The lowest BCUT2D eigenvalue weighted by Crippen LogP contribution is -2.11. The van der Waals surface area contributed by atoms with Gasteiger partial charge in [-0.1, -0.05) is 12.1 Å². The number of nitrogens with two attached hydrogens (primary N) is 1. The fourth-order valence-corrected chi connectivity index (χ4v) is 1.08. The van der Waals surface area contributed by atoms with E-state index in [9.17, 15) is 9.59 Å². The average Bonchev–Trinajstić information content (AvgIpc) is 2.15. The van der Waals surface area contributed by atoms with E-state index < -0.39 is 5.97 Å². The highest BCUT2D eigenvalue weighted by Gasteiger charge is 2.02. The number of aromatic carboxylic acids is 1. The first-order valence-electron chi connectivity index (χ1n) is 4.20. The Hall–Kier alpha value is -1.84. The van der Waals surface area contributed by atoms with Gasteiger partial charge in [0.2, 0.25) is 5.91 Å². The highest BCUT2D eigenvalue weighted by atomic mass is 16.4. The first kappa shape index (κ1) is 10.2. The summed E-state index contributed by atoms with van der Waals surface area (Å²) in [7, 11) is 0. The number of primary amides is 1. The third kappa shape index (κ3) is 2.90. The summed E-state index contributed by atoms with van der Waals surface area (Å²) in [4.78, 5) is 21.0. The van der Waals surface area contributed by atoms with Gasteiger partial charge in [-0.25, -0.2) is 4.79 Å². The molecular weight excluding hydrogens is 182 g/mol. The van der Waals surface area contributed by atoms with E-state index in [-0.39, 0.29) is 17.9 Å². The van der Waals surface area contributed by atoms with E-state index in [4.69, 9.17) is 10.8 Å². The standard InChI is InChI=1S/C10H11NO3/c11-9(12)6-3-7-1-4-8(5-2-7)10(13)14/h1-2,4-5H,3,6H2,(H2,11,12)(H,13,14). The Morgan fingerprint density at radius 3 is 2.21 bits per heavy atom. The molecule has 0 atom stereocenters. The van der Waals surface area contributed by atoms with Crippen molar-refractivity contribution in [1.29, 1.82) is 0 Å². The van der Waals surface area contributed by atoms with Gasteiger partial charge in [-0.15, -0.1) is 0 Å². The van der Waals surface area contributed by atoms with E-state index in [1.807, 2.05) is 0 Å². The number of carbonyl (C=O) groups is 2. The van der Waals surface area contributed by atoms with Crippen LogP contribution in [-0.4, -0.2) is 17.0 Å². The average molecular weight is 193 g/mol. The number of hydrogen-bond acceptors (Lipinski definition) is 2. The fourth-order valence-electron chi connectivity index (χ4n) is 1.08. The molecule has 0 aliphatic carbocycles. The summed E-state index contributed by atoms with van der Waals surface area (Å²) in [5, 5.41) is 8.62. The zero-order valence-corrected chi connectivity index (χ0v) is 7.56. The summed E-state index contributed by atoms with van der Waals surface area (Å²) in [5.41, 5.74) is 6.14. The number of carboxylic acids is 1. The van der Waals surface area contributed by atoms with Crippen LogP contribution in [0.5, 0.6) is 0 Å². The van der Waals surface area contributed by atoms with E-state index >= 15 is 0 Å². The lowest BCUT2D eigenvalue weighted by Gasteiger charge is -1.99. The van der Waals surface area contributed by atoms with E-state index in [0.29, 0.717) is 6.42 Å². The van der Waals surface area contributed by atoms with Gasteiger partial charge in [0.1, 0.15) is 0 Å². The quantitative estimate of drug-likeness (QED) is 0.742. The monoisotopic (exact) mass is 193 g/mol. The molecule has 4 nitrogen and oxygen atoms in total. The third-order valence-corrected chi connectivity index (χ3v) is 1.86. The van der Waals surface area contributed by atoms with Crippen molar-refractivity contribution in [3.05, 3.63) is 35.4 Å². The minimum absolute atomic E-state index is 0.243. The molecule has 0 fully saturated rings. The van der Waals surface area contributed by atoms with Gasteiger partial charge in [-0.3, -0.25) is 4.79 Å². The molecule has 0 unspecified atom stereocenters. The number of rotatable bonds is 4. The lowest BCUT2D eigenvalue weighted by atomic mass is 10.1. The van der Waals surface area contributed by atoms with E-state index in [2.05, 4.69) is 0 Å². The zero-order valence-electron chi connectivity index (χ0n) is 7.56. The first-order chi connectivity index (χ1) is 6.59. The van der Waals surface area contributed by atoms with Gasteiger partial charge in [-0.05, 0) is 24.1 Å². The first-order valence-corrected chi connectivity index (χ1v) is 4.20. The van der Waals surface area contributed by atoms with Crippen molar-refractivity contribution in [3.63, 3.8) is 0 Å². The van der Waals surface area contributed by atoms with Gasteiger partial charge >= 0.3 is 5.97 Å². The summed E-state index contributed by atoms with van der Waals surface area (Å²) < 4.78 is 0. The van der Waals surface area contributed by atoms with Crippen LogP contribution in [0.15, 0.2) is 24.3 Å². The molecule has 0 saturated carbocycles. The molecule has 74 valence electrons. The molecule has 1 aromatic carbocycles. The molecule has 1 aromatic rings. The topological polar surface area (TPSA) is 80.4 Å². The van der Waals surface area contributed by atoms with Gasteiger partial charge in [0.15, 0.2) is 0 Å². The fraction of sp³-hybridized carbons (Fsp3) is 0.200. The Morgan fingerprint density at radius 2 is 1.79 bits per heavy atom. The SMILES string of the molecule is NC(=O)CCc1ccc(C(=O)O)cc1. The second-order valence-corrected chi connectivity index (χ2v) is 2.97. The second-order valence-electron chi connectivity index (χ2n) is 2.97. The highest BCUT2D eigenvalue weighted by Crippen LogP contribution is 2.06. The Kier molecular flexibility index (Phi) is 3.23. The Labute approximate surface area is 81.3 Å². The maximum absolute atomic E-state index is 10.5. The number of carbonyl (C=O) groups excluding carboxylic acids is 1. The van der Waals surface area contributed by atoms with Crippen molar-refractivity contribution in [2.75, 3.05) is 0 Å². The van der Waals surface area contributed by atoms with Crippen molar-refractivity contribution >= 4 is 11.9 Å². The van der Waals surface area contributed by atoms with Crippen LogP contribution in [0.4, 0.5) is 0 Å². The molecular formula is C10H11NO3. The lowest BCUT2D eigenvalue weighted by molar-refractivity contribution is -0.117. The van der Waals surface area contributed by atoms with Crippen LogP contribution in [0.1, 0.15) is 22.3 Å². The summed E-state index contributed by atoms with van der Waals surface area (Å²) >= 11 is 0. The smallest absolute Gasteiger partial charge is 0.335 e. The largest absolute Gasteiger partial charge is 0.478 e. The summed E-state index contributed by atoms with van der Waals surface area (Å²) in [5.74, 6) is -1.31. The molecule has 0 radical (unpaired) electrons. The second kappa shape index (κ2) is 4.41. The number of aryl methyl sites for hydroxylation is 1. The number of amides is 1. The van der Waals surface area contributed by atoms with Crippen molar-refractivity contribution in [3.8, 4) is 0 Å². The van der Waals surface area contributed by atoms with Crippen molar-refractivity contribution in [2.24, 2.45) is 5.73 Å². The molecule has 3 N–H and O–H groups in total. The predicted octanol–water partition coefficient (Wildman–Crippen LogP) is 0.803. The van der Waals surface area contributed by atoms with Crippen molar-refractivity contribution < 1.29 is 14.7 Å².